The summed E-state index contributed by atoms with van der Waals surface area (Å²) in [5.41, 5.74) is 1.98. The molecule has 10 heteroatoms. The third kappa shape index (κ3) is 3.45. The SMILES string of the molecule is COC(=O)C1(C(=O)OC)CC(C2[C@@H]3[C@@H]4C[C@@H]([C@@H]5C(=O)N(c6ccccc6)C(=O)[C@H]45)[C@H]23)=C(C2[C@@H]3[C@@H]4C[C@@H]([C@@H]5C(=O)N(c6ccccc6)C(=O)[C@H]45)[C@H]23)C1. The zero-order chi connectivity index (χ0) is 34.8. The molecule has 2 unspecified atom stereocenters. The van der Waals surface area contributed by atoms with E-state index >= 15 is 0 Å². The summed E-state index contributed by atoms with van der Waals surface area (Å²) in [4.78, 5) is 85.6. The molecule has 9 aliphatic rings. The van der Waals surface area contributed by atoms with Crippen molar-refractivity contribution in [3.05, 3.63) is 71.8 Å². The molecule has 10 nitrogen and oxygen atoms in total. The lowest BCUT2D eigenvalue weighted by Crippen LogP contribution is -2.39. The Bertz CT molecular complexity index is 1810. The normalized spacial score (nSPS) is 42.7. The summed E-state index contributed by atoms with van der Waals surface area (Å²) in [6.07, 6.45) is 2.13. The number of hydrogen-bond acceptors (Lipinski definition) is 8. The summed E-state index contributed by atoms with van der Waals surface area (Å²) >= 11 is 0. The fraction of sp³-hybridized carbons (Fsp3) is 0.512. The fourth-order valence-electron chi connectivity index (χ4n) is 13.9. The van der Waals surface area contributed by atoms with Gasteiger partial charge >= 0.3 is 11.9 Å². The van der Waals surface area contributed by atoms with Gasteiger partial charge in [0.25, 0.3) is 0 Å². The fourth-order valence-corrected chi connectivity index (χ4v) is 13.9. The lowest BCUT2D eigenvalue weighted by molar-refractivity contribution is -0.168. The number of allylic oxidation sites excluding steroid dienone is 2. The molecule has 11 rings (SSSR count). The van der Waals surface area contributed by atoms with Crippen molar-refractivity contribution in [3.63, 3.8) is 0 Å². The van der Waals surface area contributed by atoms with Gasteiger partial charge in [0.1, 0.15) is 0 Å². The summed E-state index contributed by atoms with van der Waals surface area (Å²) in [6.45, 7) is 0. The Kier molecular flexibility index (Phi) is 5.80. The topological polar surface area (TPSA) is 127 Å². The number of methoxy groups -OCH3 is 2. The van der Waals surface area contributed by atoms with Gasteiger partial charge in [-0.05, 0) is 109 Å². The van der Waals surface area contributed by atoms with Crippen LogP contribution in [0.3, 0.4) is 0 Å². The van der Waals surface area contributed by atoms with Crippen LogP contribution in [0.2, 0.25) is 0 Å². The second-order valence-corrected chi connectivity index (χ2v) is 16.8. The molecule has 0 spiro atoms. The zero-order valence-corrected chi connectivity index (χ0v) is 28.3. The molecule has 6 saturated carbocycles. The first-order chi connectivity index (χ1) is 24.7. The third-order valence-electron chi connectivity index (χ3n) is 15.4. The molecule has 51 heavy (non-hydrogen) atoms. The van der Waals surface area contributed by atoms with Crippen LogP contribution in [-0.2, 0) is 38.2 Å². The average Bonchev–Trinajstić information content (AvgIpc) is 3.51. The van der Waals surface area contributed by atoms with Gasteiger partial charge < -0.3 is 9.47 Å². The van der Waals surface area contributed by atoms with Crippen LogP contribution in [-0.4, -0.2) is 49.8 Å². The molecule has 2 heterocycles. The van der Waals surface area contributed by atoms with Crippen molar-refractivity contribution in [3.8, 4) is 0 Å². The number of rotatable bonds is 6. The summed E-state index contributed by atoms with van der Waals surface area (Å²) in [5.74, 6) is -1.64. The highest BCUT2D eigenvalue weighted by molar-refractivity contribution is 6.23. The number of anilines is 2. The van der Waals surface area contributed by atoms with Crippen LogP contribution in [0, 0.1) is 88.3 Å². The van der Waals surface area contributed by atoms with Gasteiger partial charge in [-0.25, -0.2) is 0 Å². The lowest BCUT2D eigenvalue weighted by atomic mass is 9.81. The van der Waals surface area contributed by atoms with Crippen LogP contribution in [0.15, 0.2) is 71.8 Å². The van der Waals surface area contributed by atoms with Crippen LogP contribution in [0.4, 0.5) is 11.4 Å². The molecule has 2 aliphatic heterocycles. The van der Waals surface area contributed by atoms with Gasteiger partial charge in [-0.2, -0.15) is 0 Å². The summed E-state index contributed by atoms with van der Waals surface area (Å²) < 4.78 is 10.6. The first-order valence-corrected chi connectivity index (χ1v) is 18.5. The van der Waals surface area contributed by atoms with E-state index in [1.807, 2.05) is 60.7 Å². The third-order valence-corrected chi connectivity index (χ3v) is 15.4. The van der Waals surface area contributed by atoms with Crippen molar-refractivity contribution in [2.75, 3.05) is 24.0 Å². The van der Waals surface area contributed by atoms with Gasteiger partial charge in [0.05, 0.1) is 49.3 Å². The molecule has 0 aromatic heterocycles. The van der Waals surface area contributed by atoms with Crippen molar-refractivity contribution in [2.24, 2.45) is 88.3 Å². The van der Waals surface area contributed by atoms with Crippen LogP contribution in [0.5, 0.6) is 0 Å². The van der Waals surface area contributed by atoms with Crippen molar-refractivity contribution >= 4 is 46.9 Å². The highest BCUT2D eigenvalue weighted by Crippen LogP contribution is 2.81. The maximum atomic E-state index is 13.9. The number of amides is 4. The molecule has 14 atom stereocenters. The molecule has 0 N–H and O–H groups in total. The highest BCUT2D eigenvalue weighted by atomic mass is 16.5. The molecule has 4 bridgehead atoms. The van der Waals surface area contributed by atoms with Gasteiger partial charge in [-0.1, -0.05) is 47.5 Å². The number of ether oxygens (including phenoxy) is 2. The Labute approximate surface area is 294 Å². The van der Waals surface area contributed by atoms with Crippen molar-refractivity contribution in [2.45, 2.75) is 25.7 Å². The summed E-state index contributed by atoms with van der Waals surface area (Å²) in [6, 6.07) is 18.3. The predicted molar refractivity (Wildman–Crippen MR) is 179 cm³/mol. The van der Waals surface area contributed by atoms with E-state index in [9.17, 15) is 28.8 Å². The summed E-state index contributed by atoms with van der Waals surface area (Å²) in [7, 11) is 2.60. The quantitative estimate of drug-likeness (QED) is 0.193. The molecule has 2 aromatic carbocycles. The van der Waals surface area contributed by atoms with Gasteiger partial charge in [-0.15, -0.1) is 0 Å². The van der Waals surface area contributed by atoms with Crippen molar-refractivity contribution in [1.29, 1.82) is 0 Å². The monoisotopic (exact) mass is 686 g/mol. The largest absolute Gasteiger partial charge is 0.468 e. The minimum absolute atomic E-state index is 0.0774. The minimum Gasteiger partial charge on any atom is -0.468 e. The van der Waals surface area contributed by atoms with E-state index in [-0.39, 0.29) is 119 Å². The van der Waals surface area contributed by atoms with Crippen molar-refractivity contribution < 1.29 is 38.2 Å². The van der Waals surface area contributed by atoms with Gasteiger partial charge in [0.2, 0.25) is 23.6 Å². The van der Waals surface area contributed by atoms with Crippen LogP contribution in [0.1, 0.15) is 25.7 Å². The molecule has 2 saturated heterocycles. The maximum Gasteiger partial charge on any atom is 0.323 e. The summed E-state index contributed by atoms with van der Waals surface area (Å²) in [5, 5.41) is 0. The van der Waals surface area contributed by atoms with E-state index < -0.39 is 17.4 Å². The Morgan fingerprint density at radius 1 is 0.529 bits per heavy atom. The Morgan fingerprint density at radius 2 is 0.843 bits per heavy atom. The Hall–Kier alpha value is -4.60. The highest BCUT2D eigenvalue weighted by Gasteiger charge is 2.80. The first kappa shape index (κ1) is 30.1. The van der Waals surface area contributed by atoms with E-state index in [2.05, 4.69) is 0 Å². The minimum atomic E-state index is -1.49. The number of fused-ring (bicyclic) bond motifs is 16. The van der Waals surface area contributed by atoms with E-state index in [4.69, 9.17) is 9.47 Å². The van der Waals surface area contributed by atoms with E-state index in [0.29, 0.717) is 11.4 Å². The molecule has 8 fully saturated rings. The number of carbonyl (C=O) groups is 6. The number of para-hydroxylation sites is 2. The van der Waals surface area contributed by atoms with E-state index in [1.165, 1.54) is 24.0 Å². The number of esters is 2. The number of carbonyl (C=O) groups excluding carboxylic acids is 6. The van der Waals surface area contributed by atoms with E-state index in [1.54, 1.807) is 0 Å². The maximum absolute atomic E-state index is 13.9. The predicted octanol–water partition coefficient (Wildman–Crippen LogP) is 4.04. The Balaban J connectivity index is 0.932. The Morgan fingerprint density at radius 3 is 1.14 bits per heavy atom. The van der Waals surface area contributed by atoms with Crippen LogP contribution in [0.25, 0.3) is 0 Å². The number of benzene rings is 2. The number of hydrogen-bond donors (Lipinski definition) is 0. The van der Waals surface area contributed by atoms with Gasteiger partial charge in [0, 0.05) is 0 Å². The lowest BCUT2D eigenvalue weighted by Gasteiger charge is -2.24. The molecule has 7 aliphatic carbocycles. The number of nitrogens with zero attached hydrogens (tertiary/aromatic N) is 2. The molecular formula is C41H38N2O8. The molecule has 260 valence electrons. The first-order valence-electron chi connectivity index (χ1n) is 18.5. The molecule has 4 amide bonds. The second kappa shape index (κ2) is 9.83. The average molecular weight is 687 g/mol. The smallest absolute Gasteiger partial charge is 0.323 e. The second-order valence-electron chi connectivity index (χ2n) is 16.8. The van der Waals surface area contributed by atoms with Crippen LogP contribution < -0.4 is 9.80 Å². The standard InChI is InChI=1S/C41H38N2O8/c1-50-39(48)41(40(49)51-2)15-23(29-25-19-13-20(26(25)29)32-31(19)35(44)42(36(32)45)17-9-5-3-6-10-17)24(16-41)30-27-21-14-22(28(27)30)34-33(21)37(46)43(38(34)47)18-11-7-4-8-12-18/h3-12,19-22,25-34H,13-16H2,1-2H3/t19-,20+,21-,22+,25+,26-,27+,28-,29?,30?,31+,32-,33+,34-. The molecular weight excluding hydrogens is 648 g/mol. The number of imide groups is 2. The van der Waals surface area contributed by atoms with E-state index in [0.717, 1.165) is 24.0 Å². The van der Waals surface area contributed by atoms with Crippen LogP contribution >= 0.6 is 0 Å². The zero-order valence-electron chi connectivity index (χ0n) is 28.3. The van der Waals surface area contributed by atoms with Gasteiger partial charge in [-0.3, -0.25) is 38.6 Å². The molecule has 0 radical (unpaired) electrons. The van der Waals surface area contributed by atoms with Gasteiger partial charge in [0.15, 0.2) is 5.41 Å². The van der Waals surface area contributed by atoms with Crippen molar-refractivity contribution in [1.82, 2.24) is 0 Å². The molecule has 2 aromatic rings.